The lowest BCUT2D eigenvalue weighted by atomic mass is 10.6. The molecule has 14 heavy (non-hydrogen) atoms. The molecule has 0 saturated carbocycles. The average molecular weight is 261 g/mol. The molecule has 2 aromatic heterocycles. The number of hydrogen-bond donors (Lipinski definition) is 1. The minimum absolute atomic E-state index is 0. The van der Waals surface area contributed by atoms with Crippen LogP contribution in [0.3, 0.4) is 0 Å². The fourth-order valence-corrected chi connectivity index (χ4v) is 1.03. The van der Waals surface area contributed by atoms with E-state index in [-0.39, 0.29) is 22.7 Å². The van der Waals surface area contributed by atoms with Crippen LogP contribution in [0.5, 0.6) is 0 Å². The number of imidazole rings is 1. The van der Waals surface area contributed by atoms with Gasteiger partial charge in [0.2, 0.25) is 0 Å². The first-order chi connectivity index (χ1) is 6.33. The summed E-state index contributed by atoms with van der Waals surface area (Å²) in [5.74, 6) is 0. The van der Waals surface area contributed by atoms with Crippen LogP contribution in [0.2, 0.25) is 0 Å². The van der Waals surface area contributed by atoms with Gasteiger partial charge >= 0.3 is 5.69 Å². The van der Waals surface area contributed by atoms with Crippen LogP contribution in [0.4, 0.5) is 0 Å². The third kappa shape index (κ3) is 1.66. The molecule has 8 heteroatoms. The second-order valence-electron chi connectivity index (χ2n) is 2.51. The summed E-state index contributed by atoms with van der Waals surface area (Å²) >= 11 is 0. The van der Waals surface area contributed by atoms with Crippen molar-refractivity contribution in [1.82, 2.24) is 24.4 Å². The molecule has 0 bridgehead atoms. The smallest absolute Gasteiger partial charge is 0.329 e. The highest BCUT2D eigenvalue weighted by molar-refractivity contribution is 8.93. The third-order valence-electron chi connectivity index (χ3n) is 1.64. The number of halogens is 1. The molecule has 0 unspecified atom stereocenters. The Bertz CT molecular complexity index is 476. The van der Waals surface area contributed by atoms with E-state index in [0.717, 1.165) is 0 Å². The summed E-state index contributed by atoms with van der Waals surface area (Å²) in [7, 11) is 0. The van der Waals surface area contributed by atoms with Crippen LogP contribution >= 0.6 is 17.0 Å². The minimum Gasteiger partial charge on any atom is -0.329 e. The summed E-state index contributed by atoms with van der Waals surface area (Å²) in [4.78, 5) is 15.3. The van der Waals surface area contributed by atoms with Crippen molar-refractivity contribution in [3.63, 3.8) is 0 Å². The Morgan fingerprint density at radius 3 is 3.00 bits per heavy atom. The third-order valence-corrected chi connectivity index (χ3v) is 1.64. The highest BCUT2D eigenvalue weighted by atomic mass is 79.9. The van der Waals surface area contributed by atoms with E-state index in [2.05, 4.69) is 15.3 Å². The molecule has 0 spiro atoms. The molecule has 7 nitrogen and oxygen atoms in total. The molecule has 0 amide bonds. The maximum atomic E-state index is 11.5. The molecule has 0 radical (unpaired) electrons. The standard InChI is InChI=1S/C6H8N6O.BrH/c7-1-2-12-6(13)11-4-8-3-5(11)9-10-12;/h3-4H,1-2,7H2;1H. The number of rotatable bonds is 2. The second kappa shape index (κ2) is 4.29. The Morgan fingerprint density at radius 1 is 1.50 bits per heavy atom. The molecule has 2 N–H and O–H groups in total. The van der Waals surface area contributed by atoms with Gasteiger partial charge in [-0.1, -0.05) is 5.21 Å². The molecular formula is C6H9BrN6O. The first kappa shape index (κ1) is 10.8. The second-order valence-corrected chi connectivity index (χ2v) is 2.51. The molecule has 2 rings (SSSR count). The van der Waals surface area contributed by atoms with Crippen LogP contribution in [0.1, 0.15) is 0 Å². The number of nitrogens with zero attached hydrogens (tertiary/aromatic N) is 5. The molecule has 0 aliphatic carbocycles. The largest absolute Gasteiger partial charge is 0.352 e. The zero-order chi connectivity index (χ0) is 9.26. The van der Waals surface area contributed by atoms with Crippen LogP contribution in [-0.2, 0) is 6.54 Å². The van der Waals surface area contributed by atoms with Crippen molar-refractivity contribution < 1.29 is 0 Å². The maximum Gasteiger partial charge on any atom is 0.352 e. The van der Waals surface area contributed by atoms with E-state index in [1.165, 1.54) is 21.6 Å². The van der Waals surface area contributed by atoms with Gasteiger partial charge in [0.05, 0.1) is 12.7 Å². The molecule has 76 valence electrons. The van der Waals surface area contributed by atoms with Gasteiger partial charge in [-0.2, -0.15) is 4.68 Å². The predicted molar refractivity (Wildman–Crippen MR) is 54.4 cm³/mol. The molecule has 0 saturated heterocycles. The minimum atomic E-state index is -0.270. The van der Waals surface area contributed by atoms with Crippen molar-refractivity contribution in [3.05, 3.63) is 23.0 Å². The highest BCUT2D eigenvalue weighted by Gasteiger charge is 2.02. The Kier molecular flexibility index (Phi) is 3.31. The molecule has 2 heterocycles. The first-order valence-electron chi connectivity index (χ1n) is 3.79. The van der Waals surface area contributed by atoms with Crippen molar-refractivity contribution in [1.29, 1.82) is 0 Å². The number of aromatic nitrogens is 5. The predicted octanol–water partition coefficient (Wildman–Crippen LogP) is -1.18. The fraction of sp³-hybridized carbons (Fsp3) is 0.333. The van der Waals surface area contributed by atoms with E-state index >= 15 is 0 Å². The van der Waals surface area contributed by atoms with Crippen molar-refractivity contribution in [2.45, 2.75) is 6.54 Å². The van der Waals surface area contributed by atoms with Crippen LogP contribution in [0.15, 0.2) is 17.3 Å². The number of nitrogens with two attached hydrogens (primary N) is 1. The average Bonchev–Trinajstić information content (AvgIpc) is 2.58. The Labute approximate surface area is 89.3 Å². The van der Waals surface area contributed by atoms with Crippen LogP contribution in [-0.4, -0.2) is 30.9 Å². The van der Waals surface area contributed by atoms with Crippen molar-refractivity contribution in [3.8, 4) is 0 Å². The Hall–Kier alpha value is -1.28. The summed E-state index contributed by atoms with van der Waals surface area (Å²) in [6.45, 7) is 0.717. The molecule has 0 aromatic carbocycles. The van der Waals surface area contributed by atoms with Gasteiger partial charge in [0.25, 0.3) is 0 Å². The Morgan fingerprint density at radius 2 is 2.29 bits per heavy atom. The zero-order valence-corrected chi connectivity index (χ0v) is 8.91. The van der Waals surface area contributed by atoms with Gasteiger partial charge in [0.15, 0.2) is 5.65 Å². The van der Waals surface area contributed by atoms with Crippen LogP contribution < -0.4 is 11.4 Å². The molecule has 0 fully saturated rings. The molecular weight excluding hydrogens is 252 g/mol. The summed E-state index contributed by atoms with van der Waals surface area (Å²) in [5.41, 5.74) is 5.47. The SMILES string of the molecule is Br.NCCn1nnc2cncn2c1=O. The van der Waals surface area contributed by atoms with E-state index in [1.54, 1.807) is 0 Å². The van der Waals surface area contributed by atoms with Gasteiger partial charge in [-0.15, -0.1) is 22.1 Å². The van der Waals surface area contributed by atoms with Crippen molar-refractivity contribution in [2.75, 3.05) is 6.54 Å². The van der Waals surface area contributed by atoms with E-state index in [4.69, 9.17) is 5.73 Å². The monoisotopic (exact) mass is 260 g/mol. The fourth-order valence-electron chi connectivity index (χ4n) is 1.03. The molecule has 0 atom stereocenters. The van der Waals surface area contributed by atoms with Crippen LogP contribution in [0, 0.1) is 0 Å². The quantitative estimate of drug-likeness (QED) is 0.735. The van der Waals surface area contributed by atoms with Gasteiger partial charge in [-0.25, -0.2) is 14.2 Å². The van der Waals surface area contributed by atoms with Crippen LogP contribution in [0.25, 0.3) is 5.65 Å². The van der Waals surface area contributed by atoms with Gasteiger partial charge in [0, 0.05) is 6.54 Å². The lowest BCUT2D eigenvalue weighted by molar-refractivity contribution is 0.525. The Balaban J connectivity index is 0.000000980. The van der Waals surface area contributed by atoms with E-state index < -0.39 is 0 Å². The van der Waals surface area contributed by atoms with Crippen molar-refractivity contribution in [2.24, 2.45) is 5.73 Å². The highest BCUT2D eigenvalue weighted by Crippen LogP contribution is 1.88. The van der Waals surface area contributed by atoms with Gasteiger partial charge in [0.1, 0.15) is 6.33 Å². The first-order valence-corrected chi connectivity index (χ1v) is 3.79. The van der Waals surface area contributed by atoms with Gasteiger partial charge < -0.3 is 5.73 Å². The normalized spacial score (nSPS) is 10.1. The topological polar surface area (TPSA) is 91.1 Å². The lowest BCUT2D eigenvalue weighted by Gasteiger charge is -1.99. The zero-order valence-electron chi connectivity index (χ0n) is 7.20. The van der Waals surface area contributed by atoms with E-state index in [1.807, 2.05) is 0 Å². The summed E-state index contributed by atoms with van der Waals surface area (Å²) in [6, 6.07) is 0. The van der Waals surface area contributed by atoms with E-state index in [0.29, 0.717) is 18.7 Å². The molecule has 2 aromatic rings. The molecule has 0 aliphatic heterocycles. The maximum absolute atomic E-state index is 11.5. The summed E-state index contributed by atoms with van der Waals surface area (Å²) < 4.78 is 2.53. The van der Waals surface area contributed by atoms with Gasteiger partial charge in [-0.3, -0.25) is 0 Å². The summed E-state index contributed by atoms with van der Waals surface area (Å²) in [6.07, 6.45) is 2.88. The number of fused-ring (bicyclic) bond motifs is 1. The van der Waals surface area contributed by atoms with Crippen molar-refractivity contribution >= 4 is 22.6 Å². The van der Waals surface area contributed by atoms with E-state index in [9.17, 15) is 4.79 Å². The number of hydrogen-bond acceptors (Lipinski definition) is 5. The molecule has 0 aliphatic rings. The van der Waals surface area contributed by atoms with Gasteiger partial charge in [-0.05, 0) is 0 Å². The summed E-state index contributed by atoms with van der Waals surface area (Å²) in [5, 5.41) is 7.46. The lowest BCUT2D eigenvalue weighted by Crippen LogP contribution is -2.31.